The summed E-state index contributed by atoms with van der Waals surface area (Å²) in [6, 6.07) is 0. The number of H-pyrrole nitrogens is 1. The zero-order valence-electron chi connectivity index (χ0n) is 13.2. The number of piperazine rings is 1. The van der Waals surface area contributed by atoms with E-state index in [4.69, 9.17) is 4.74 Å². The van der Waals surface area contributed by atoms with Gasteiger partial charge in [-0.05, 0) is 19.4 Å². The quantitative estimate of drug-likeness (QED) is 0.632. The van der Waals surface area contributed by atoms with Crippen LogP contribution in [0, 0.1) is 6.92 Å². The molecule has 1 aromatic rings. The molecule has 1 fully saturated rings. The molecule has 0 saturated carbocycles. The van der Waals surface area contributed by atoms with Crippen molar-refractivity contribution < 1.29 is 14.3 Å². The summed E-state index contributed by atoms with van der Waals surface area (Å²) < 4.78 is 4.95. The van der Waals surface area contributed by atoms with E-state index in [1.165, 1.54) is 18.0 Å². The van der Waals surface area contributed by atoms with Crippen molar-refractivity contribution in [2.45, 2.75) is 18.9 Å². The van der Waals surface area contributed by atoms with E-state index in [0.29, 0.717) is 37.8 Å². The lowest BCUT2D eigenvalue weighted by Gasteiger charge is -2.34. The lowest BCUT2D eigenvalue weighted by Crippen LogP contribution is -2.51. The van der Waals surface area contributed by atoms with E-state index < -0.39 is 5.69 Å². The third-order valence-electron chi connectivity index (χ3n) is 3.45. The third-order valence-corrected chi connectivity index (χ3v) is 4.56. The smallest absolute Gasteiger partial charge is 0.409 e. The Kier molecular flexibility index (Phi) is 6.03. The van der Waals surface area contributed by atoms with Crippen LogP contribution in [0.5, 0.6) is 0 Å². The SMILES string of the molecule is CCOC(=O)N1CCN(C(=O)CSc2[nH]c(=O)ncc2C)CC1. The van der Waals surface area contributed by atoms with E-state index in [1.807, 2.05) is 6.92 Å². The van der Waals surface area contributed by atoms with E-state index in [-0.39, 0.29) is 17.8 Å². The van der Waals surface area contributed by atoms with Crippen LogP contribution in [0.15, 0.2) is 16.0 Å². The third kappa shape index (κ3) is 4.72. The Labute approximate surface area is 138 Å². The molecule has 2 heterocycles. The molecule has 0 aliphatic carbocycles. The monoisotopic (exact) mass is 340 g/mol. The van der Waals surface area contributed by atoms with Gasteiger partial charge in [0.1, 0.15) is 0 Å². The zero-order chi connectivity index (χ0) is 16.8. The van der Waals surface area contributed by atoms with E-state index in [1.54, 1.807) is 16.7 Å². The van der Waals surface area contributed by atoms with Crippen molar-refractivity contribution in [3.8, 4) is 0 Å². The molecule has 0 aromatic carbocycles. The van der Waals surface area contributed by atoms with Gasteiger partial charge in [0.2, 0.25) is 5.91 Å². The number of aromatic amines is 1. The predicted octanol–water partition coefficient (Wildman–Crippen LogP) is 0.471. The summed E-state index contributed by atoms with van der Waals surface area (Å²) in [5, 5.41) is 0.656. The van der Waals surface area contributed by atoms with Gasteiger partial charge in [-0.25, -0.2) is 14.6 Å². The van der Waals surface area contributed by atoms with Gasteiger partial charge >= 0.3 is 11.8 Å². The summed E-state index contributed by atoms with van der Waals surface area (Å²) in [6.45, 7) is 5.86. The van der Waals surface area contributed by atoms with Crippen LogP contribution < -0.4 is 5.69 Å². The summed E-state index contributed by atoms with van der Waals surface area (Å²) >= 11 is 1.29. The highest BCUT2D eigenvalue weighted by atomic mass is 32.2. The largest absolute Gasteiger partial charge is 0.450 e. The van der Waals surface area contributed by atoms with Gasteiger partial charge < -0.3 is 19.5 Å². The molecule has 126 valence electrons. The van der Waals surface area contributed by atoms with Crippen molar-refractivity contribution in [2.24, 2.45) is 0 Å². The molecule has 1 saturated heterocycles. The first-order valence-corrected chi connectivity index (χ1v) is 8.38. The molecule has 0 bridgehead atoms. The number of carbonyl (C=O) groups is 2. The van der Waals surface area contributed by atoms with Crippen molar-refractivity contribution in [1.82, 2.24) is 19.8 Å². The molecule has 2 amide bonds. The van der Waals surface area contributed by atoms with Gasteiger partial charge in [0.05, 0.1) is 17.4 Å². The second-order valence-electron chi connectivity index (χ2n) is 5.06. The molecular weight excluding hydrogens is 320 g/mol. The standard InChI is InChI=1S/C14H20N4O4S/c1-3-22-14(21)18-6-4-17(5-7-18)11(19)9-23-12-10(2)8-15-13(20)16-12/h8H,3-7,9H2,1-2H3,(H,15,16,20). The number of aryl methyl sites for hydroxylation is 1. The number of hydrogen-bond donors (Lipinski definition) is 1. The number of rotatable bonds is 4. The first-order valence-electron chi connectivity index (χ1n) is 7.39. The van der Waals surface area contributed by atoms with Crippen LogP contribution in [0.2, 0.25) is 0 Å². The number of ether oxygens (including phenoxy) is 1. The lowest BCUT2D eigenvalue weighted by molar-refractivity contribution is -0.129. The average Bonchev–Trinajstić information content (AvgIpc) is 2.55. The minimum atomic E-state index is -0.423. The predicted molar refractivity (Wildman–Crippen MR) is 85.5 cm³/mol. The normalized spacial score (nSPS) is 14.7. The second-order valence-corrected chi connectivity index (χ2v) is 6.04. The molecule has 23 heavy (non-hydrogen) atoms. The molecule has 0 unspecified atom stereocenters. The number of thioether (sulfide) groups is 1. The van der Waals surface area contributed by atoms with Crippen LogP contribution in [0.25, 0.3) is 0 Å². The van der Waals surface area contributed by atoms with Gasteiger partial charge in [-0.3, -0.25) is 4.79 Å². The van der Waals surface area contributed by atoms with Crippen molar-refractivity contribution in [1.29, 1.82) is 0 Å². The van der Waals surface area contributed by atoms with Crippen LogP contribution in [-0.2, 0) is 9.53 Å². The molecular formula is C14H20N4O4S. The highest BCUT2D eigenvalue weighted by molar-refractivity contribution is 7.99. The highest BCUT2D eigenvalue weighted by Crippen LogP contribution is 2.18. The number of nitrogens with one attached hydrogen (secondary N) is 1. The van der Waals surface area contributed by atoms with Crippen molar-refractivity contribution in [2.75, 3.05) is 38.5 Å². The van der Waals surface area contributed by atoms with Gasteiger partial charge in [0.25, 0.3) is 0 Å². The van der Waals surface area contributed by atoms with Crippen molar-refractivity contribution in [3.63, 3.8) is 0 Å². The lowest BCUT2D eigenvalue weighted by atomic mass is 10.3. The minimum Gasteiger partial charge on any atom is -0.450 e. The van der Waals surface area contributed by atoms with Crippen LogP contribution in [0.1, 0.15) is 12.5 Å². The molecule has 0 atom stereocenters. The fraction of sp³-hybridized carbons (Fsp3) is 0.571. The van der Waals surface area contributed by atoms with Crippen LogP contribution >= 0.6 is 11.8 Å². The Morgan fingerprint density at radius 2 is 1.96 bits per heavy atom. The Morgan fingerprint density at radius 1 is 1.30 bits per heavy atom. The van der Waals surface area contributed by atoms with Gasteiger partial charge in [-0.2, -0.15) is 0 Å². The van der Waals surface area contributed by atoms with E-state index >= 15 is 0 Å². The molecule has 9 heteroatoms. The van der Waals surface area contributed by atoms with E-state index in [2.05, 4.69) is 9.97 Å². The summed E-state index contributed by atoms with van der Waals surface area (Å²) in [7, 11) is 0. The maximum atomic E-state index is 12.2. The fourth-order valence-corrected chi connectivity index (χ4v) is 3.06. The van der Waals surface area contributed by atoms with Gasteiger partial charge in [-0.15, -0.1) is 0 Å². The van der Waals surface area contributed by atoms with Crippen molar-refractivity contribution >= 4 is 23.8 Å². The maximum absolute atomic E-state index is 12.2. The summed E-state index contributed by atoms with van der Waals surface area (Å²) in [4.78, 5) is 44.6. The fourth-order valence-electron chi connectivity index (χ4n) is 2.17. The summed E-state index contributed by atoms with van der Waals surface area (Å²) in [5.41, 5.74) is 0.406. The number of aromatic nitrogens is 2. The zero-order valence-corrected chi connectivity index (χ0v) is 14.0. The number of hydrogen-bond acceptors (Lipinski definition) is 6. The molecule has 8 nitrogen and oxygen atoms in total. The van der Waals surface area contributed by atoms with Gasteiger partial charge in [0.15, 0.2) is 0 Å². The maximum Gasteiger partial charge on any atom is 0.409 e. The van der Waals surface area contributed by atoms with Gasteiger partial charge in [-0.1, -0.05) is 11.8 Å². The molecule has 2 rings (SSSR count). The van der Waals surface area contributed by atoms with Crippen LogP contribution in [0.3, 0.4) is 0 Å². The summed E-state index contributed by atoms with van der Waals surface area (Å²) in [5.74, 6) is 0.218. The first-order chi connectivity index (χ1) is 11.0. The minimum absolute atomic E-state index is 0.0180. The number of nitrogens with zero attached hydrogens (tertiary/aromatic N) is 3. The van der Waals surface area contributed by atoms with E-state index in [9.17, 15) is 14.4 Å². The van der Waals surface area contributed by atoms with Gasteiger partial charge in [0, 0.05) is 32.4 Å². The number of amides is 2. The van der Waals surface area contributed by atoms with Crippen LogP contribution in [0.4, 0.5) is 4.79 Å². The molecule has 0 spiro atoms. The molecule has 0 radical (unpaired) electrons. The number of carbonyl (C=O) groups excluding carboxylic acids is 2. The average molecular weight is 340 g/mol. The summed E-state index contributed by atoms with van der Waals surface area (Å²) in [6.07, 6.45) is 1.16. The Morgan fingerprint density at radius 3 is 2.61 bits per heavy atom. The van der Waals surface area contributed by atoms with Crippen LogP contribution in [-0.4, -0.2) is 70.3 Å². The Balaban J connectivity index is 1.82. The van der Waals surface area contributed by atoms with Crippen molar-refractivity contribution in [3.05, 3.63) is 22.2 Å². The Hall–Kier alpha value is -2.03. The molecule has 1 aromatic heterocycles. The first kappa shape index (κ1) is 17.3. The van der Waals surface area contributed by atoms with E-state index in [0.717, 1.165) is 5.56 Å². The molecule has 1 aliphatic rings. The highest BCUT2D eigenvalue weighted by Gasteiger charge is 2.24. The molecule has 1 N–H and O–H groups in total. The topological polar surface area (TPSA) is 95.6 Å². The Bertz CT molecular complexity index is 625. The second kappa shape index (κ2) is 8.00. The molecule has 1 aliphatic heterocycles.